The van der Waals surface area contributed by atoms with Crippen LogP contribution < -0.4 is 0 Å². The van der Waals surface area contributed by atoms with Crippen molar-refractivity contribution in [3.63, 3.8) is 0 Å². The molecule has 0 N–H and O–H groups in total. The van der Waals surface area contributed by atoms with Crippen molar-refractivity contribution in [3.8, 4) is 0 Å². The van der Waals surface area contributed by atoms with E-state index < -0.39 is 0 Å². The van der Waals surface area contributed by atoms with Crippen LogP contribution in [0.4, 0.5) is 0 Å². The van der Waals surface area contributed by atoms with Crippen molar-refractivity contribution >= 4 is 12.4 Å². The van der Waals surface area contributed by atoms with E-state index in [0.29, 0.717) is 0 Å². The standard InChI is InChI=1S/C7H12N2/c1-4-8-6-7(3)9-5-2/h4-6H,1-3H3/b7-6-,8-4-,9-5-. The third-order valence-electron chi connectivity index (χ3n) is 0.743. The minimum Gasteiger partial charge on any atom is -0.267 e. The van der Waals surface area contributed by atoms with E-state index in [1.165, 1.54) is 0 Å². The Morgan fingerprint density at radius 1 is 1.22 bits per heavy atom. The Hall–Kier alpha value is -0.920. The lowest BCUT2D eigenvalue weighted by Crippen LogP contribution is -1.67. The normalized spacial score (nSPS) is 13.9. The molecule has 0 saturated heterocycles. The van der Waals surface area contributed by atoms with Crippen LogP contribution in [-0.4, -0.2) is 12.4 Å². The summed E-state index contributed by atoms with van der Waals surface area (Å²) in [5.74, 6) is 0. The summed E-state index contributed by atoms with van der Waals surface area (Å²) in [6, 6.07) is 0. The summed E-state index contributed by atoms with van der Waals surface area (Å²) < 4.78 is 0. The molecule has 2 heteroatoms. The van der Waals surface area contributed by atoms with Gasteiger partial charge in [0.05, 0.1) is 5.70 Å². The highest BCUT2D eigenvalue weighted by Gasteiger charge is 1.74. The van der Waals surface area contributed by atoms with Gasteiger partial charge in [-0.15, -0.1) is 0 Å². The fourth-order valence-corrected chi connectivity index (χ4v) is 0.419. The molecule has 0 spiro atoms. The van der Waals surface area contributed by atoms with Gasteiger partial charge in [-0.2, -0.15) is 0 Å². The molecule has 0 amide bonds. The molecule has 2 nitrogen and oxygen atoms in total. The summed E-state index contributed by atoms with van der Waals surface area (Å²) in [4.78, 5) is 7.87. The molecule has 0 aliphatic carbocycles. The SMILES string of the molecule is C\C=N/C=C(C)\N=C/C. The first-order chi connectivity index (χ1) is 4.31. The minimum absolute atomic E-state index is 0.926. The average Bonchev–Trinajstić information content (AvgIpc) is 1.85. The topological polar surface area (TPSA) is 24.7 Å². The van der Waals surface area contributed by atoms with Crippen LogP contribution >= 0.6 is 0 Å². The van der Waals surface area contributed by atoms with Crippen molar-refractivity contribution in [2.75, 3.05) is 0 Å². The smallest absolute Gasteiger partial charge is 0.0550 e. The molecule has 50 valence electrons. The van der Waals surface area contributed by atoms with Crippen molar-refractivity contribution in [1.82, 2.24) is 0 Å². The zero-order valence-electron chi connectivity index (χ0n) is 6.13. The average molecular weight is 124 g/mol. The highest BCUT2D eigenvalue weighted by Crippen LogP contribution is 1.91. The molecule has 0 aromatic rings. The largest absolute Gasteiger partial charge is 0.267 e. The summed E-state index contributed by atoms with van der Waals surface area (Å²) >= 11 is 0. The lowest BCUT2D eigenvalue weighted by Gasteiger charge is -1.83. The lowest BCUT2D eigenvalue weighted by atomic mass is 10.5. The van der Waals surface area contributed by atoms with E-state index in [1.807, 2.05) is 20.8 Å². The van der Waals surface area contributed by atoms with Crippen LogP contribution in [0.3, 0.4) is 0 Å². The molecule has 0 aromatic heterocycles. The van der Waals surface area contributed by atoms with Gasteiger partial charge in [0.1, 0.15) is 0 Å². The van der Waals surface area contributed by atoms with Crippen molar-refractivity contribution in [2.24, 2.45) is 9.98 Å². The summed E-state index contributed by atoms with van der Waals surface area (Å²) in [6.07, 6.45) is 5.20. The van der Waals surface area contributed by atoms with Crippen LogP contribution in [0.2, 0.25) is 0 Å². The minimum atomic E-state index is 0.926. The molecule has 0 fully saturated rings. The Bertz CT molecular complexity index is 143. The van der Waals surface area contributed by atoms with Crippen LogP contribution in [0.25, 0.3) is 0 Å². The fraction of sp³-hybridized carbons (Fsp3) is 0.429. The zero-order valence-corrected chi connectivity index (χ0v) is 6.13. The van der Waals surface area contributed by atoms with Gasteiger partial charge in [0.2, 0.25) is 0 Å². The second-order valence-corrected chi connectivity index (χ2v) is 1.57. The van der Waals surface area contributed by atoms with Crippen molar-refractivity contribution in [1.29, 1.82) is 0 Å². The van der Waals surface area contributed by atoms with Gasteiger partial charge >= 0.3 is 0 Å². The molecule has 0 aromatic carbocycles. The first-order valence-corrected chi connectivity index (χ1v) is 2.94. The summed E-state index contributed by atoms with van der Waals surface area (Å²) in [6.45, 7) is 5.67. The molecule has 0 heterocycles. The number of aliphatic imine (C=N–C) groups is 2. The van der Waals surface area contributed by atoms with Gasteiger partial charge in [-0.05, 0) is 20.8 Å². The monoisotopic (exact) mass is 124 g/mol. The number of hydrogen-bond acceptors (Lipinski definition) is 2. The molecule has 0 unspecified atom stereocenters. The van der Waals surface area contributed by atoms with Crippen molar-refractivity contribution in [3.05, 3.63) is 11.9 Å². The van der Waals surface area contributed by atoms with Crippen molar-refractivity contribution < 1.29 is 0 Å². The molecule has 0 atom stereocenters. The first kappa shape index (κ1) is 8.08. The Labute approximate surface area is 56.0 Å². The van der Waals surface area contributed by atoms with E-state index in [4.69, 9.17) is 0 Å². The third-order valence-corrected chi connectivity index (χ3v) is 0.743. The fourth-order valence-electron chi connectivity index (χ4n) is 0.419. The molecule has 0 saturated carbocycles. The second-order valence-electron chi connectivity index (χ2n) is 1.57. The van der Waals surface area contributed by atoms with E-state index >= 15 is 0 Å². The molecule has 0 rings (SSSR count). The molecule has 0 aliphatic heterocycles. The first-order valence-electron chi connectivity index (χ1n) is 2.94. The summed E-state index contributed by atoms with van der Waals surface area (Å²) in [5, 5.41) is 0. The van der Waals surface area contributed by atoms with Crippen molar-refractivity contribution in [2.45, 2.75) is 20.8 Å². The number of rotatable bonds is 2. The quantitative estimate of drug-likeness (QED) is 0.503. The summed E-state index contributed by atoms with van der Waals surface area (Å²) in [7, 11) is 0. The Balaban J connectivity index is 3.84. The van der Waals surface area contributed by atoms with Gasteiger partial charge in [-0.25, -0.2) is 0 Å². The molecule has 0 bridgehead atoms. The van der Waals surface area contributed by atoms with Crippen LogP contribution in [0.15, 0.2) is 21.9 Å². The Morgan fingerprint density at radius 3 is 2.33 bits per heavy atom. The van der Waals surface area contributed by atoms with Gasteiger partial charge in [0, 0.05) is 18.6 Å². The number of nitrogens with zero attached hydrogens (tertiary/aromatic N) is 2. The van der Waals surface area contributed by atoms with Gasteiger partial charge in [-0.1, -0.05) is 0 Å². The van der Waals surface area contributed by atoms with Gasteiger partial charge < -0.3 is 0 Å². The second kappa shape index (κ2) is 5.22. The number of hydrogen-bond donors (Lipinski definition) is 0. The maximum Gasteiger partial charge on any atom is 0.0550 e. The van der Waals surface area contributed by atoms with Crippen LogP contribution in [0.1, 0.15) is 20.8 Å². The lowest BCUT2D eigenvalue weighted by molar-refractivity contribution is 1.27. The molecular weight excluding hydrogens is 112 g/mol. The van der Waals surface area contributed by atoms with Crippen LogP contribution in [0, 0.1) is 0 Å². The van der Waals surface area contributed by atoms with Gasteiger partial charge in [-0.3, -0.25) is 9.98 Å². The zero-order chi connectivity index (χ0) is 7.11. The Morgan fingerprint density at radius 2 is 1.89 bits per heavy atom. The molecule has 9 heavy (non-hydrogen) atoms. The number of allylic oxidation sites excluding steroid dienone is 1. The van der Waals surface area contributed by atoms with Crippen LogP contribution in [-0.2, 0) is 0 Å². The maximum absolute atomic E-state index is 3.98. The third kappa shape index (κ3) is 4.94. The maximum atomic E-state index is 3.98. The van der Waals surface area contributed by atoms with Gasteiger partial charge in [0.15, 0.2) is 0 Å². The van der Waals surface area contributed by atoms with E-state index in [2.05, 4.69) is 9.98 Å². The van der Waals surface area contributed by atoms with E-state index in [1.54, 1.807) is 18.6 Å². The predicted octanol–water partition coefficient (Wildman–Crippen LogP) is 2.03. The van der Waals surface area contributed by atoms with E-state index in [0.717, 1.165) is 5.70 Å². The molecule has 0 aliphatic rings. The van der Waals surface area contributed by atoms with E-state index in [9.17, 15) is 0 Å². The highest BCUT2D eigenvalue weighted by atomic mass is 14.8. The Kier molecular flexibility index (Phi) is 4.69. The highest BCUT2D eigenvalue weighted by molar-refractivity contribution is 5.56. The predicted molar refractivity (Wildman–Crippen MR) is 42.1 cm³/mol. The van der Waals surface area contributed by atoms with Crippen LogP contribution in [0.5, 0.6) is 0 Å². The van der Waals surface area contributed by atoms with Gasteiger partial charge in [0.25, 0.3) is 0 Å². The van der Waals surface area contributed by atoms with E-state index in [-0.39, 0.29) is 0 Å². The molecular formula is C7H12N2. The molecule has 0 radical (unpaired) electrons. The summed E-state index contributed by atoms with van der Waals surface area (Å²) in [5.41, 5.74) is 0.926.